The van der Waals surface area contributed by atoms with E-state index in [1.54, 1.807) is 0 Å². The first-order valence-electron chi connectivity index (χ1n) is 7.22. The van der Waals surface area contributed by atoms with Crippen LogP contribution in [0.4, 0.5) is 5.69 Å². The number of anilines is 1. The Hall–Kier alpha value is -1.06. The van der Waals surface area contributed by atoms with Gasteiger partial charge in [0.1, 0.15) is 0 Å². The molecule has 0 radical (unpaired) electrons. The van der Waals surface area contributed by atoms with Crippen LogP contribution in [0.3, 0.4) is 0 Å². The van der Waals surface area contributed by atoms with Gasteiger partial charge in [-0.25, -0.2) is 0 Å². The zero-order valence-electron chi connectivity index (χ0n) is 12.3. The fourth-order valence-corrected chi connectivity index (χ4v) is 2.93. The van der Waals surface area contributed by atoms with E-state index in [9.17, 15) is 5.11 Å². The van der Waals surface area contributed by atoms with Gasteiger partial charge in [-0.15, -0.1) is 0 Å². The molecule has 3 nitrogen and oxygen atoms in total. The Bertz CT molecular complexity index is 389. The second-order valence-corrected chi connectivity index (χ2v) is 6.08. The van der Waals surface area contributed by atoms with Crippen molar-refractivity contribution in [2.24, 2.45) is 5.92 Å². The summed E-state index contributed by atoms with van der Waals surface area (Å²) >= 11 is 0. The summed E-state index contributed by atoms with van der Waals surface area (Å²) in [6.07, 6.45) is 2.45. The summed E-state index contributed by atoms with van der Waals surface area (Å²) in [6, 6.07) is 10.8. The summed E-state index contributed by atoms with van der Waals surface area (Å²) in [5.74, 6) is 0.603. The van der Waals surface area contributed by atoms with E-state index >= 15 is 0 Å². The van der Waals surface area contributed by atoms with Crippen LogP contribution in [0, 0.1) is 5.92 Å². The number of rotatable bonds is 7. The van der Waals surface area contributed by atoms with Gasteiger partial charge in [0.05, 0.1) is 12.1 Å². The smallest absolute Gasteiger partial charge is 0.0633 e. The monoisotopic (exact) mass is 262 g/mol. The average molecular weight is 262 g/mol. The molecule has 1 unspecified atom stereocenters. The fourth-order valence-electron chi connectivity index (χ4n) is 2.93. The highest BCUT2D eigenvalue weighted by molar-refractivity contribution is 5.45. The minimum absolute atomic E-state index is 0.168. The first-order valence-corrected chi connectivity index (χ1v) is 7.22. The van der Waals surface area contributed by atoms with Gasteiger partial charge in [-0.3, -0.25) is 0 Å². The van der Waals surface area contributed by atoms with E-state index in [0.29, 0.717) is 12.0 Å². The highest BCUT2D eigenvalue weighted by atomic mass is 16.3. The van der Waals surface area contributed by atoms with Crippen molar-refractivity contribution in [1.29, 1.82) is 0 Å². The third kappa shape index (κ3) is 3.48. The van der Waals surface area contributed by atoms with Crippen LogP contribution in [0.2, 0.25) is 0 Å². The van der Waals surface area contributed by atoms with E-state index in [4.69, 9.17) is 0 Å². The van der Waals surface area contributed by atoms with Gasteiger partial charge in [-0.1, -0.05) is 32.0 Å². The summed E-state index contributed by atoms with van der Waals surface area (Å²) in [4.78, 5) is 2.24. The molecule has 0 aliphatic heterocycles. The second kappa shape index (κ2) is 5.93. The molecular weight excluding hydrogens is 236 g/mol. The standard InChI is InChI=1S/C16H26N2O/c1-13(2)17-16(12-19,14-9-10-14)11-18(3)15-7-5-4-6-8-15/h4-8,13-14,17,19H,9-12H2,1-3H3. The van der Waals surface area contributed by atoms with E-state index < -0.39 is 0 Å². The van der Waals surface area contributed by atoms with Gasteiger partial charge in [0.25, 0.3) is 0 Å². The number of likely N-dealkylation sites (N-methyl/N-ethyl adjacent to an activating group) is 1. The van der Waals surface area contributed by atoms with Crippen molar-refractivity contribution in [2.45, 2.75) is 38.3 Å². The summed E-state index contributed by atoms with van der Waals surface area (Å²) in [7, 11) is 2.10. The van der Waals surface area contributed by atoms with Gasteiger partial charge in [-0.2, -0.15) is 0 Å². The van der Waals surface area contributed by atoms with Gasteiger partial charge in [0, 0.05) is 25.3 Å². The van der Waals surface area contributed by atoms with E-state index in [1.807, 2.05) is 6.07 Å². The van der Waals surface area contributed by atoms with Crippen molar-refractivity contribution in [1.82, 2.24) is 5.32 Å². The summed E-state index contributed by atoms with van der Waals surface area (Å²) in [5.41, 5.74) is 1.03. The molecule has 3 heteroatoms. The van der Waals surface area contributed by atoms with Crippen LogP contribution >= 0.6 is 0 Å². The van der Waals surface area contributed by atoms with Gasteiger partial charge in [0.15, 0.2) is 0 Å². The first-order chi connectivity index (χ1) is 9.07. The fraction of sp³-hybridized carbons (Fsp3) is 0.625. The normalized spacial score (nSPS) is 18.4. The Morgan fingerprint density at radius 1 is 1.32 bits per heavy atom. The topological polar surface area (TPSA) is 35.5 Å². The lowest BCUT2D eigenvalue weighted by atomic mass is 9.92. The van der Waals surface area contributed by atoms with Crippen molar-refractivity contribution in [2.75, 3.05) is 25.1 Å². The number of benzene rings is 1. The lowest BCUT2D eigenvalue weighted by molar-refractivity contribution is 0.136. The van der Waals surface area contributed by atoms with Crippen molar-refractivity contribution in [3.05, 3.63) is 30.3 Å². The summed E-state index contributed by atoms with van der Waals surface area (Å²) in [5, 5.41) is 13.6. The quantitative estimate of drug-likeness (QED) is 0.791. The Balaban J connectivity index is 2.11. The molecule has 1 saturated carbocycles. The highest BCUT2D eigenvalue weighted by Crippen LogP contribution is 2.40. The molecule has 1 atom stereocenters. The minimum atomic E-state index is -0.168. The van der Waals surface area contributed by atoms with Gasteiger partial charge >= 0.3 is 0 Å². The molecule has 1 aromatic rings. The third-order valence-corrected chi connectivity index (χ3v) is 3.93. The molecule has 106 valence electrons. The Morgan fingerprint density at radius 2 is 1.95 bits per heavy atom. The first kappa shape index (κ1) is 14.4. The molecule has 2 rings (SSSR count). The van der Waals surface area contributed by atoms with Crippen LogP contribution in [-0.4, -0.2) is 36.9 Å². The number of aliphatic hydroxyl groups is 1. The highest BCUT2D eigenvalue weighted by Gasteiger charge is 2.45. The lowest BCUT2D eigenvalue weighted by Gasteiger charge is -2.39. The average Bonchev–Trinajstić information content (AvgIpc) is 3.23. The maximum atomic E-state index is 9.94. The molecule has 19 heavy (non-hydrogen) atoms. The lowest BCUT2D eigenvalue weighted by Crippen LogP contribution is -2.59. The van der Waals surface area contributed by atoms with Crippen LogP contribution in [0.25, 0.3) is 0 Å². The predicted molar refractivity (Wildman–Crippen MR) is 80.5 cm³/mol. The number of para-hydroxylation sites is 1. The van der Waals surface area contributed by atoms with E-state index in [1.165, 1.54) is 18.5 Å². The molecule has 2 N–H and O–H groups in total. The minimum Gasteiger partial charge on any atom is -0.394 e. The molecule has 0 heterocycles. The molecule has 0 bridgehead atoms. The van der Waals surface area contributed by atoms with Gasteiger partial charge in [0.2, 0.25) is 0 Å². The number of nitrogens with one attached hydrogen (secondary N) is 1. The zero-order chi connectivity index (χ0) is 13.9. The SMILES string of the molecule is CC(C)NC(CO)(CN(C)c1ccccc1)C1CC1. The third-order valence-electron chi connectivity index (χ3n) is 3.93. The Kier molecular flexibility index (Phi) is 4.48. The van der Waals surface area contributed by atoms with Crippen molar-refractivity contribution in [3.63, 3.8) is 0 Å². The molecule has 0 spiro atoms. The summed E-state index contributed by atoms with van der Waals surface area (Å²) < 4.78 is 0. The second-order valence-electron chi connectivity index (χ2n) is 6.08. The molecule has 1 aromatic carbocycles. The summed E-state index contributed by atoms with van der Waals surface area (Å²) in [6.45, 7) is 5.34. The van der Waals surface area contributed by atoms with Crippen molar-refractivity contribution in [3.8, 4) is 0 Å². The van der Waals surface area contributed by atoms with Gasteiger partial charge in [-0.05, 0) is 30.9 Å². The van der Waals surface area contributed by atoms with E-state index in [2.05, 4.69) is 55.4 Å². The molecule has 0 amide bonds. The van der Waals surface area contributed by atoms with Crippen LogP contribution in [0.5, 0.6) is 0 Å². The van der Waals surface area contributed by atoms with Gasteiger partial charge < -0.3 is 15.3 Å². The largest absolute Gasteiger partial charge is 0.394 e. The number of hydrogen-bond acceptors (Lipinski definition) is 3. The van der Waals surface area contributed by atoms with Crippen LogP contribution < -0.4 is 10.2 Å². The molecule has 1 aliphatic carbocycles. The van der Waals surface area contributed by atoms with Crippen LogP contribution in [0.1, 0.15) is 26.7 Å². The molecule has 1 fully saturated rings. The molecule has 0 saturated heterocycles. The predicted octanol–water partition coefficient (Wildman–Crippen LogP) is 2.26. The van der Waals surface area contributed by atoms with Crippen molar-refractivity contribution >= 4 is 5.69 Å². The molecular formula is C16H26N2O. The molecule has 1 aliphatic rings. The maximum absolute atomic E-state index is 9.94. The molecule has 0 aromatic heterocycles. The van der Waals surface area contributed by atoms with E-state index in [-0.39, 0.29) is 12.1 Å². The number of aliphatic hydroxyl groups excluding tert-OH is 1. The Labute approximate surface area is 116 Å². The number of nitrogens with zero attached hydrogens (tertiary/aromatic N) is 1. The van der Waals surface area contributed by atoms with Crippen molar-refractivity contribution < 1.29 is 5.11 Å². The van der Waals surface area contributed by atoms with Crippen LogP contribution in [0.15, 0.2) is 30.3 Å². The zero-order valence-corrected chi connectivity index (χ0v) is 12.3. The number of hydrogen-bond donors (Lipinski definition) is 2. The maximum Gasteiger partial charge on any atom is 0.0633 e. The van der Waals surface area contributed by atoms with E-state index in [0.717, 1.165) is 6.54 Å². The van der Waals surface area contributed by atoms with Crippen LogP contribution in [-0.2, 0) is 0 Å². The Morgan fingerprint density at radius 3 is 2.42 bits per heavy atom.